The van der Waals surface area contributed by atoms with Crippen molar-refractivity contribution in [3.63, 3.8) is 0 Å². The molecular weight excluding hydrogens is 489 g/mol. The van der Waals surface area contributed by atoms with E-state index in [-0.39, 0.29) is 37.2 Å². The second-order valence-electron chi connectivity index (χ2n) is 9.09. The Labute approximate surface area is 210 Å². The molecule has 0 unspecified atom stereocenters. The predicted molar refractivity (Wildman–Crippen MR) is 125 cm³/mol. The molecule has 2 atom stereocenters. The number of anilines is 1. The molecular formula is C24H23F3N8O2. The number of carbonyl (C=O) groups excluding carboxylic acids is 2. The van der Waals surface area contributed by atoms with Crippen molar-refractivity contribution in [3.8, 4) is 6.07 Å². The minimum Gasteiger partial charge on any atom is -0.337 e. The first-order chi connectivity index (χ1) is 17.8. The first-order valence-corrected chi connectivity index (χ1v) is 11.9. The van der Waals surface area contributed by atoms with E-state index in [9.17, 15) is 22.8 Å². The van der Waals surface area contributed by atoms with Crippen LogP contribution in [0.25, 0.3) is 0 Å². The molecule has 10 nitrogen and oxygen atoms in total. The van der Waals surface area contributed by atoms with Gasteiger partial charge in [0.15, 0.2) is 11.5 Å². The van der Waals surface area contributed by atoms with E-state index in [0.29, 0.717) is 38.0 Å². The average Bonchev–Trinajstić information content (AvgIpc) is 3.58. The van der Waals surface area contributed by atoms with Gasteiger partial charge in [-0.1, -0.05) is 0 Å². The molecule has 0 N–H and O–H groups in total. The van der Waals surface area contributed by atoms with Crippen molar-refractivity contribution in [2.24, 2.45) is 11.0 Å². The van der Waals surface area contributed by atoms with Crippen LogP contribution in [0.1, 0.15) is 34.9 Å². The number of likely N-dealkylation sites (tertiary alicyclic amines) is 1. The van der Waals surface area contributed by atoms with Crippen molar-refractivity contribution in [2.75, 3.05) is 44.2 Å². The van der Waals surface area contributed by atoms with E-state index >= 15 is 0 Å². The lowest BCUT2D eigenvalue weighted by molar-refractivity contribution is 0.0778. The Bertz CT molecular complexity index is 1270. The first-order valence-electron chi connectivity index (χ1n) is 11.9. The zero-order valence-corrected chi connectivity index (χ0v) is 19.7. The Hall–Kier alpha value is -4.21. The molecule has 192 valence electrons. The lowest BCUT2D eigenvalue weighted by Crippen LogP contribution is -2.52. The molecule has 0 radical (unpaired) electrons. The molecule has 2 saturated heterocycles. The Kier molecular flexibility index (Phi) is 6.64. The number of hydrazone groups is 1. The van der Waals surface area contributed by atoms with Crippen molar-refractivity contribution in [3.05, 3.63) is 53.1 Å². The summed E-state index contributed by atoms with van der Waals surface area (Å²) in [7, 11) is 0. The van der Waals surface area contributed by atoms with Gasteiger partial charge in [-0.3, -0.25) is 4.79 Å². The second-order valence-corrected chi connectivity index (χ2v) is 9.09. The number of urea groups is 1. The molecule has 37 heavy (non-hydrogen) atoms. The minimum atomic E-state index is -0.838. The van der Waals surface area contributed by atoms with Gasteiger partial charge in [0.05, 0.1) is 24.2 Å². The molecule has 1 aromatic heterocycles. The highest BCUT2D eigenvalue weighted by Gasteiger charge is 2.34. The van der Waals surface area contributed by atoms with Gasteiger partial charge in [0.2, 0.25) is 5.95 Å². The molecule has 2 aromatic rings. The van der Waals surface area contributed by atoms with E-state index in [2.05, 4.69) is 21.1 Å². The van der Waals surface area contributed by atoms with E-state index in [0.717, 1.165) is 12.3 Å². The number of hydrogen-bond acceptors (Lipinski definition) is 7. The number of aromatic nitrogens is 2. The smallest absolute Gasteiger partial charge is 0.337 e. The Morgan fingerprint density at radius 3 is 2.41 bits per heavy atom. The molecule has 4 heterocycles. The van der Waals surface area contributed by atoms with Gasteiger partial charge in [-0.05, 0) is 24.1 Å². The molecule has 0 saturated carbocycles. The zero-order valence-electron chi connectivity index (χ0n) is 19.7. The number of piperazine rings is 1. The number of rotatable bonds is 3. The SMILES string of the molecule is N#C[C@H]1CCN(C(=O)c2nc(N3CCN(C(=O)N4N=CC[C@H]4c4cc(F)cc(F)c4)CC3)ncc2F)C1. The largest absolute Gasteiger partial charge is 0.341 e. The topological polar surface area (TPSA) is 109 Å². The number of halogens is 3. The number of benzene rings is 1. The minimum absolute atomic E-state index is 0.167. The van der Waals surface area contributed by atoms with Crippen LogP contribution in [-0.2, 0) is 0 Å². The molecule has 0 bridgehead atoms. The summed E-state index contributed by atoms with van der Waals surface area (Å²) in [6, 6.07) is 4.25. The molecule has 0 aliphatic carbocycles. The summed E-state index contributed by atoms with van der Waals surface area (Å²) in [6.07, 6.45) is 3.35. The summed E-state index contributed by atoms with van der Waals surface area (Å²) in [5, 5.41) is 14.4. The maximum atomic E-state index is 14.4. The van der Waals surface area contributed by atoms with Gasteiger partial charge < -0.3 is 14.7 Å². The van der Waals surface area contributed by atoms with Crippen molar-refractivity contribution in [1.29, 1.82) is 5.26 Å². The van der Waals surface area contributed by atoms with Crippen LogP contribution in [0.3, 0.4) is 0 Å². The molecule has 5 rings (SSSR count). The van der Waals surface area contributed by atoms with E-state index in [1.165, 1.54) is 28.3 Å². The van der Waals surface area contributed by atoms with Crippen molar-refractivity contribution < 1.29 is 22.8 Å². The van der Waals surface area contributed by atoms with Gasteiger partial charge >= 0.3 is 6.03 Å². The summed E-state index contributed by atoms with van der Waals surface area (Å²) in [5.74, 6) is -2.99. The molecule has 3 aliphatic heterocycles. The van der Waals surface area contributed by atoms with Crippen LogP contribution in [0, 0.1) is 34.7 Å². The number of nitriles is 1. The third-order valence-electron chi connectivity index (χ3n) is 6.72. The number of hydrogen-bond donors (Lipinski definition) is 0. The standard InChI is InChI=1S/C24H23F3N8O2/c25-17-9-16(10-18(26)11-17)20-1-3-30-35(20)24(37)33-7-5-32(6-8-33)23-29-13-19(27)21(31-23)22(36)34-4-2-15(12-28)14-34/h3,9-11,13,15,20H,1-2,4-8,14H2/t15-,20+/m1/s1. The third kappa shape index (κ3) is 4.91. The lowest BCUT2D eigenvalue weighted by atomic mass is 10.0. The quantitative estimate of drug-likeness (QED) is 0.626. The van der Waals surface area contributed by atoms with Gasteiger partial charge in [-0.25, -0.2) is 32.9 Å². The predicted octanol–water partition coefficient (Wildman–Crippen LogP) is 2.55. The summed E-state index contributed by atoms with van der Waals surface area (Å²) in [5.41, 5.74) is -0.0309. The van der Waals surface area contributed by atoms with Gasteiger partial charge in [0.25, 0.3) is 5.91 Å². The van der Waals surface area contributed by atoms with Crippen LogP contribution in [0.2, 0.25) is 0 Å². The average molecular weight is 512 g/mol. The van der Waals surface area contributed by atoms with Gasteiger partial charge in [-0.15, -0.1) is 0 Å². The van der Waals surface area contributed by atoms with Crippen molar-refractivity contribution in [2.45, 2.75) is 18.9 Å². The molecule has 3 amide bonds. The van der Waals surface area contributed by atoms with Crippen molar-refractivity contribution in [1.82, 2.24) is 24.8 Å². The Morgan fingerprint density at radius 2 is 1.73 bits per heavy atom. The van der Waals surface area contributed by atoms with Crippen molar-refractivity contribution >= 4 is 24.1 Å². The summed E-state index contributed by atoms with van der Waals surface area (Å²) in [6.45, 7) is 1.78. The summed E-state index contributed by atoms with van der Waals surface area (Å²) in [4.78, 5) is 38.9. The fraction of sp³-hybridized carbons (Fsp3) is 0.417. The van der Waals surface area contributed by atoms with Crippen LogP contribution in [0.15, 0.2) is 29.5 Å². The summed E-state index contributed by atoms with van der Waals surface area (Å²) >= 11 is 0. The summed E-state index contributed by atoms with van der Waals surface area (Å²) < 4.78 is 41.9. The highest BCUT2D eigenvalue weighted by atomic mass is 19.1. The van der Waals surface area contributed by atoms with E-state index in [1.807, 2.05) is 0 Å². The van der Waals surface area contributed by atoms with Crippen LogP contribution in [0.4, 0.5) is 23.9 Å². The highest BCUT2D eigenvalue weighted by molar-refractivity contribution is 5.93. The van der Waals surface area contributed by atoms with Gasteiger partial charge in [-0.2, -0.15) is 10.4 Å². The van der Waals surface area contributed by atoms with Crippen LogP contribution < -0.4 is 4.90 Å². The van der Waals surface area contributed by atoms with E-state index in [1.54, 1.807) is 9.80 Å². The lowest BCUT2D eigenvalue weighted by Gasteiger charge is -2.37. The van der Waals surface area contributed by atoms with E-state index < -0.39 is 35.4 Å². The fourth-order valence-electron chi connectivity index (χ4n) is 4.75. The normalized spacial score (nSPS) is 21.5. The molecule has 2 fully saturated rings. The Morgan fingerprint density at radius 1 is 1.00 bits per heavy atom. The van der Waals surface area contributed by atoms with Crippen LogP contribution in [0.5, 0.6) is 0 Å². The number of nitrogens with zero attached hydrogens (tertiary/aromatic N) is 8. The number of carbonyl (C=O) groups is 2. The zero-order chi connectivity index (χ0) is 26.1. The fourth-order valence-corrected chi connectivity index (χ4v) is 4.75. The second kappa shape index (κ2) is 10.0. The van der Waals surface area contributed by atoms with E-state index in [4.69, 9.17) is 5.26 Å². The highest BCUT2D eigenvalue weighted by Crippen LogP contribution is 2.30. The maximum Gasteiger partial charge on any atom is 0.341 e. The van der Waals surface area contributed by atoms with Crippen LogP contribution in [-0.4, -0.2) is 82.2 Å². The first kappa shape index (κ1) is 24.5. The maximum absolute atomic E-state index is 14.4. The monoisotopic (exact) mass is 512 g/mol. The number of amides is 3. The van der Waals surface area contributed by atoms with Gasteiger partial charge in [0.1, 0.15) is 11.6 Å². The Balaban J connectivity index is 1.24. The molecule has 0 spiro atoms. The molecule has 1 aromatic carbocycles. The van der Waals surface area contributed by atoms with Crippen LogP contribution >= 0.6 is 0 Å². The molecule has 13 heteroatoms. The molecule has 3 aliphatic rings. The van der Waals surface area contributed by atoms with Gasteiger partial charge in [0, 0.05) is 58.0 Å². The third-order valence-corrected chi connectivity index (χ3v) is 6.72.